The topological polar surface area (TPSA) is 18.5 Å². The molecule has 3 heteroatoms. The van der Waals surface area contributed by atoms with Crippen LogP contribution in [-0.4, -0.2) is 22.5 Å². The van der Waals surface area contributed by atoms with Gasteiger partial charge >= 0.3 is 9.28 Å². The zero-order valence-electron chi connectivity index (χ0n) is 15.6. The Kier molecular flexibility index (Phi) is 14.0. The Morgan fingerprint density at radius 3 is 1.59 bits per heavy atom. The molecule has 0 N–H and O–H groups in total. The smallest absolute Gasteiger partial charge is 0.328 e. The largest absolute Gasteiger partial charge is 0.396 e. The first kappa shape index (κ1) is 21.6. The summed E-state index contributed by atoms with van der Waals surface area (Å²) in [5.41, 5.74) is 0. The lowest BCUT2D eigenvalue weighted by atomic mass is 9.96. The lowest BCUT2D eigenvalue weighted by Gasteiger charge is -2.37. The molecule has 0 aromatic carbocycles. The van der Waals surface area contributed by atoms with E-state index in [0.29, 0.717) is 0 Å². The van der Waals surface area contributed by atoms with Crippen molar-refractivity contribution in [3.63, 3.8) is 0 Å². The Balaban J connectivity index is 5.07. The third kappa shape index (κ3) is 8.30. The standard InChI is InChI=1S/C19H38O2Si/c1-6-11-15-19(10-5,16-12-7-2)22(20-17-13-8-3)21-18-14-9-4/h6-7,11-12,22H,8-10,13-18H2,1-5H3/b11-6+,12-7+. The van der Waals surface area contributed by atoms with Gasteiger partial charge < -0.3 is 8.85 Å². The van der Waals surface area contributed by atoms with Gasteiger partial charge in [-0.3, -0.25) is 0 Å². The predicted octanol–water partition coefficient (Wildman–Crippen LogP) is 5.92. The number of hydrogen-bond acceptors (Lipinski definition) is 2. The first-order valence-electron chi connectivity index (χ1n) is 9.16. The Labute approximate surface area is 140 Å². The predicted molar refractivity (Wildman–Crippen MR) is 101 cm³/mol. The number of unbranched alkanes of at least 4 members (excludes halogenated alkanes) is 2. The summed E-state index contributed by atoms with van der Waals surface area (Å²) in [6.45, 7) is 12.6. The monoisotopic (exact) mass is 326 g/mol. The molecule has 0 rings (SSSR count). The summed E-state index contributed by atoms with van der Waals surface area (Å²) in [7, 11) is -1.71. The van der Waals surface area contributed by atoms with Crippen LogP contribution in [0, 0.1) is 0 Å². The van der Waals surface area contributed by atoms with Crippen LogP contribution in [0.5, 0.6) is 0 Å². The van der Waals surface area contributed by atoms with Crippen molar-refractivity contribution in [1.82, 2.24) is 0 Å². The van der Waals surface area contributed by atoms with Crippen LogP contribution < -0.4 is 0 Å². The Morgan fingerprint density at radius 2 is 1.27 bits per heavy atom. The van der Waals surface area contributed by atoms with E-state index >= 15 is 0 Å². The minimum atomic E-state index is -1.71. The van der Waals surface area contributed by atoms with Crippen molar-refractivity contribution >= 4 is 9.28 Å². The average Bonchev–Trinajstić information content (AvgIpc) is 2.55. The fraction of sp³-hybridized carbons (Fsp3) is 0.789. The zero-order chi connectivity index (χ0) is 16.7. The third-order valence-corrected chi connectivity index (χ3v) is 7.22. The molecule has 0 aliphatic heterocycles. The second-order valence-corrected chi connectivity index (χ2v) is 8.60. The highest BCUT2D eigenvalue weighted by molar-refractivity contribution is 6.48. The molecule has 22 heavy (non-hydrogen) atoms. The molecule has 2 nitrogen and oxygen atoms in total. The summed E-state index contributed by atoms with van der Waals surface area (Å²) in [5, 5.41) is 0.181. The van der Waals surface area contributed by atoms with Gasteiger partial charge in [-0.15, -0.1) is 0 Å². The molecule has 130 valence electrons. The van der Waals surface area contributed by atoms with Crippen LogP contribution in [0.2, 0.25) is 5.04 Å². The van der Waals surface area contributed by atoms with Crippen molar-refractivity contribution in [1.29, 1.82) is 0 Å². The van der Waals surface area contributed by atoms with E-state index < -0.39 is 9.28 Å². The summed E-state index contributed by atoms with van der Waals surface area (Å²) < 4.78 is 12.7. The number of allylic oxidation sites excluding steroid dienone is 4. The minimum absolute atomic E-state index is 0.181. The molecule has 0 heterocycles. The molecule has 0 radical (unpaired) electrons. The molecular formula is C19H38O2Si. The fourth-order valence-electron chi connectivity index (χ4n) is 2.51. The van der Waals surface area contributed by atoms with Crippen molar-refractivity contribution in [3.8, 4) is 0 Å². The fourth-order valence-corrected chi connectivity index (χ4v) is 5.06. The molecule has 0 aliphatic carbocycles. The van der Waals surface area contributed by atoms with Crippen molar-refractivity contribution in [2.75, 3.05) is 13.2 Å². The first-order valence-corrected chi connectivity index (χ1v) is 10.7. The van der Waals surface area contributed by atoms with Crippen LogP contribution in [0.25, 0.3) is 0 Å². The van der Waals surface area contributed by atoms with Gasteiger partial charge in [-0.05, 0) is 46.0 Å². The van der Waals surface area contributed by atoms with E-state index in [1.807, 2.05) is 0 Å². The van der Waals surface area contributed by atoms with Gasteiger partial charge in [0.25, 0.3) is 0 Å². The highest BCUT2D eigenvalue weighted by Crippen LogP contribution is 2.44. The van der Waals surface area contributed by atoms with Gasteiger partial charge in [0.2, 0.25) is 0 Å². The van der Waals surface area contributed by atoms with Gasteiger partial charge in [0.15, 0.2) is 0 Å². The third-order valence-electron chi connectivity index (χ3n) is 4.26. The zero-order valence-corrected chi connectivity index (χ0v) is 16.7. The highest BCUT2D eigenvalue weighted by Gasteiger charge is 2.39. The minimum Gasteiger partial charge on any atom is -0.396 e. The van der Waals surface area contributed by atoms with E-state index in [0.717, 1.165) is 45.3 Å². The second-order valence-electron chi connectivity index (χ2n) is 6.04. The lowest BCUT2D eigenvalue weighted by molar-refractivity contribution is 0.163. The van der Waals surface area contributed by atoms with E-state index in [4.69, 9.17) is 8.85 Å². The molecule has 0 saturated heterocycles. The van der Waals surface area contributed by atoms with Crippen LogP contribution in [-0.2, 0) is 8.85 Å². The molecule has 0 bridgehead atoms. The van der Waals surface area contributed by atoms with Crippen LogP contribution in [0.1, 0.15) is 79.6 Å². The molecule has 0 amide bonds. The highest BCUT2D eigenvalue weighted by atomic mass is 28.3. The molecule has 0 aromatic rings. The molecule has 0 aliphatic rings. The quantitative estimate of drug-likeness (QED) is 0.224. The molecule has 0 unspecified atom stereocenters. The summed E-state index contributed by atoms with van der Waals surface area (Å²) >= 11 is 0. The normalized spacial score (nSPS) is 13.0. The maximum Gasteiger partial charge on any atom is 0.328 e. The second kappa shape index (κ2) is 14.2. The van der Waals surface area contributed by atoms with Crippen LogP contribution in [0.3, 0.4) is 0 Å². The summed E-state index contributed by atoms with van der Waals surface area (Å²) in [5.74, 6) is 0. The van der Waals surface area contributed by atoms with E-state index in [1.54, 1.807) is 0 Å². The van der Waals surface area contributed by atoms with E-state index in [9.17, 15) is 0 Å². The first-order chi connectivity index (χ1) is 10.7. The maximum absolute atomic E-state index is 6.33. The van der Waals surface area contributed by atoms with Crippen molar-refractivity contribution in [2.24, 2.45) is 0 Å². The van der Waals surface area contributed by atoms with E-state index in [-0.39, 0.29) is 5.04 Å². The van der Waals surface area contributed by atoms with Gasteiger partial charge in [-0.25, -0.2) is 0 Å². The summed E-state index contributed by atoms with van der Waals surface area (Å²) in [4.78, 5) is 0. The Bertz CT molecular complexity index is 276. The van der Waals surface area contributed by atoms with Gasteiger partial charge in [0, 0.05) is 18.3 Å². The Morgan fingerprint density at radius 1 is 0.818 bits per heavy atom. The van der Waals surface area contributed by atoms with Crippen molar-refractivity contribution in [3.05, 3.63) is 24.3 Å². The molecule has 0 fully saturated rings. The van der Waals surface area contributed by atoms with Crippen molar-refractivity contribution in [2.45, 2.75) is 84.6 Å². The van der Waals surface area contributed by atoms with Crippen LogP contribution in [0.15, 0.2) is 24.3 Å². The van der Waals surface area contributed by atoms with Gasteiger partial charge in [-0.2, -0.15) is 0 Å². The molecule has 0 aromatic heterocycles. The molecule has 0 spiro atoms. The summed E-state index contributed by atoms with van der Waals surface area (Å²) in [6, 6.07) is 0. The van der Waals surface area contributed by atoms with E-state index in [1.165, 1.54) is 12.8 Å². The van der Waals surface area contributed by atoms with Crippen molar-refractivity contribution < 1.29 is 8.85 Å². The van der Waals surface area contributed by atoms with Gasteiger partial charge in [0.1, 0.15) is 0 Å². The SMILES string of the molecule is C/C=C/CC(CC)(C/C=C/C)[SiH](OCCCC)OCCCC. The summed E-state index contributed by atoms with van der Waals surface area (Å²) in [6.07, 6.45) is 16.8. The number of rotatable bonds is 14. The lowest BCUT2D eigenvalue weighted by Crippen LogP contribution is -2.38. The Hall–Kier alpha value is -0.383. The van der Waals surface area contributed by atoms with Gasteiger partial charge in [0.05, 0.1) is 0 Å². The molecule has 0 saturated carbocycles. The van der Waals surface area contributed by atoms with Crippen LogP contribution in [0.4, 0.5) is 0 Å². The maximum atomic E-state index is 6.33. The molecule has 0 atom stereocenters. The van der Waals surface area contributed by atoms with Crippen LogP contribution >= 0.6 is 0 Å². The molecular weight excluding hydrogens is 288 g/mol. The van der Waals surface area contributed by atoms with E-state index in [2.05, 4.69) is 58.9 Å². The average molecular weight is 327 g/mol. The van der Waals surface area contributed by atoms with Gasteiger partial charge in [-0.1, -0.05) is 57.9 Å². The number of hydrogen-bond donors (Lipinski definition) is 0.